The molecular weight excluding hydrogens is 196 g/mol. The molecule has 3 nitrogen and oxygen atoms in total. The van der Waals surface area contributed by atoms with Crippen molar-refractivity contribution in [1.29, 1.82) is 0 Å². The van der Waals surface area contributed by atoms with Crippen LogP contribution in [0.4, 0.5) is 0 Å². The van der Waals surface area contributed by atoms with Gasteiger partial charge in [-0.3, -0.25) is 0 Å². The van der Waals surface area contributed by atoms with Gasteiger partial charge in [0.25, 0.3) is 0 Å². The third kappa shape index (κ3) is 1.71. The topological polar surface area (TPSA) is 38.1 Å². The largest absolute Gasteiger partial charge is 0.444 e. The molecule has 14 heavy (non-hydrogen) atoms. The summed E-state index contributed by atoms with van der Waals surface area (Å²) in [5.74, 6) is 0.725. The molecule has 0 aliphatic rings. The van der Waals surface area contributed by atoms with Gasteiger partial charge in [-0.2, -0.15) is 0 Å². The minimum atomic E-state index is 0.725. The van der Waals surface area contributed by atoms with Crippen LogP contribution in [0, 0.1) is 6.92 Å². The highest BCUT2D eigenvalue weighted by atomic mass is 32.1. The highest BCUT2D eigenvalue weighted by molar-refractivity contribution is 7.13. The van der Waals surface area contributed by atoms with Gasteiger partial charge in [-0.25, -0.2) is 4.98 Å². The third-order valence-electron chi connectivity index (χ3n) is 1.97. The summed E-state index contributed by atoms with van der Waals surface area (Å²) in [6.45, 7) is 2.81. The molecule has 0 aliphatic heterocycles. The van der Waals surface area contributed by atoms with Crippen LogP contribution < -0.4 is 5.32 Å². The molecule has 0 radical (unpaired) electrons. The van der Waals surface area contributed by atoms with E-state index in [1.165, 1.54) is 5.56 Å². The first-order chi connectivity index (χ1) is 6.81. The summed E-state index contributed by atoms with van der Waals surface area (Å²) in [6.07, 6.45) is 1.70. The van der Waals surface area contributed by atoms with Gasteiger partial charge in [-0.15, -0.1) is 11.3 Å². The normalized spacial score (nSPS) is 10.7. The van der Waals surface area contributed by atoms with Gasteiger partial charge in [-0.1, -0.05) is 0 Å². The number of aromatic nitrogens is 1. The molecule has 2 aromatic heterocycles. The first-order valence-electron chi connectivity index (χ1n) is 4.44. The molecule has 0 aliphatic carbocycles. The number of nitrogens with zero attached hydrogens (tertiary/aromatic N) is 1. The molecular formula is C10H12N2OS. The van der Waals surface area contributed by atoms with E-state index in [0.29, 0.717) is 0 Å². The van der Waals surface area contributed by atoms with E-state index < -0.39 is 0 Å². The van der Waals surface area contributed by atoms with Crippen LogP contribution in [0.5, 0.6) is 0 Å². The SMILES string of the molecule is CNCc1coc(-c2sccc2C)n1. The van der Waals surface area contributed by atoms with Gasteiger partial charge in [0.05, 0.1) is 10.6 Å². The predicted octanol–water partition coefficient (Wildman–Crippen LogP) is 2.43. The zero-order chi connectivity index (χ0) is 9.97. The summed E-state index contributed by atoms with van der Waals surface area (Å²) >= 11 is 1.66. The van der Waals surface area contributed by atoms with Crippen LogP contribution in [0.15, 0.2) is 22.1 Å². The molecule has 0 spiro atoms. The lowest BCUT2D eigenvalue weighted by Crippen LogP contribution is -2.04. The van der Waals surface area contributed by atoms with Crippen LogP contribution in [0.25, 0.3) is 10.8 Å². The number of aryl methyl sites for hydroxylation is 1. The van der Waals surface area contributed by atoms with Crippen LogP contribution >= 0.6 is 11.3 Å². The maximum absolute atomic E-state index is 5.40. The summed E-state index contributed by atoms with van der Waals surface area (Å²) in [5.41, 5.74) is 2.16. The second-order valence-corrected chi connectivity index (χ2v) is 4.02. The van der Waals surface area contributed by atoms with Crippen molar-refractivity contribution in [3.05, 3.63) is 29.0 Å². The minimum Gasteiger partial charge on any atom is -0.444 e. The molecule has 0 saturated heterocycles. The van der Waals surface area contributed by atoms with E-state index in [4.69, 9.17) is 4.42 Å². The summed E-state index contributed by atoms with van der Waals surface area (Å²) in [6, 6.07) is 2.07. The number of oxazole rings is 1. The Morgan fingerprint density at radius 2 is 2.43 bits per heavy atom. The van der Waals surface area contributed by atoms with Crippen LogP contribution in [0.3, 0.4) is 0 Å². The summed E-state index contributed by atoms with van der Waals surface area (Å²) in [4.78, 5) is 5.50. The molecule has 4 heteroatoms. The Morgan fingerprint density at radius 1 is 1.57 bits per heavy atom. The maximum atomic E-state index is 5.40. The first-order valence-corrected chi connectivity index (χ1v) is 5.32. The molecule has 0 aromatic carbocycles. The third-order valence-corrected chi connectivity index (χ3v) is 2.97. The van der Waals surface area contributed by atoms with Crippen molar-refractivity contribution in [1.82, 2.24) is 10.3 Å². The standard InChI is InChI=1S/C10H12N2OS/c1-7-3-4-14-9(7)10-12-8(5-11-2)6-13-10/h3-4,6,11H,5H2,1-2H3. The lowest BCUT2D eigenvalue weighted by molar-refractivity contribution is 0.572. The predicted molar refractivity (Wildman–Crippen MR) is 57.3 cm³/mol. The summed E-state index contributed by atoms with van der Waals surface area (Å²) < 4.78 is 5.40. The van der Waals surface area contributed by atoms with Crippen molar-refractivity contribution in [2.75, 3.05) is 7.05 Å². The van der Waals surface area contributed by atoms with Gasteiger partial charge in [-0.05, 0) is 31.0 Å². The van der Waals surface area contributed by atoms with Crippen LogP contribution in [-0.2, 0) is 6.54 Å². The Kier molecular flexibility index (Phi) is 2.65. The van der Waals surface area contributed by atoms with E-state index in [2.05, 4.69) is 23.3 Å². The highest BCUT2D eigenvalue weighted by Crippen LogP contribution is 2.27. The van der Waals surface area contributed by atoms with Crippen molar-refractivity contribution >= 4 is 11.3 Å². The number of rotatable bonds is 3. The molecule has 0 atom stereocenters. The van der Waals surface area contributed by atoms with E-state index in [1.54, 1.807) is 17.6 Å². The minimum absolute atomic E-state index is 0.725. The lowest BCUT2D eigenvalue weighted by Gasteiger charge is -1.91. The molecule has 0 unspecified atom stereocenters. The van der Waals surface area contributed by atoms with E-state index in [9.17, 15) is 0 Å². The fraction of sp³-hybridized carbons (Fsp3) is 0.300. The molecule has 1 N–H and O–H groups in total. The van der Waals surface area contributed by atoms with Gasteiger partial charge in [0, 0.05) is 6.54 Å². The summed E-state index contributed by atoms with van der Waals surface area (Å²) in [5, 5.41) is 5.09. The number of nitrogens with one attached hydrogen (secondary N) is 1. The molecule has 0 amide bonds. The smallest absolute Gasteiger partial charge is 0.236 e. The Hall–Kier alpha value is -1.13. The van der Waals surface area contributed by atoms with Crippen LogP contribution in [-0.4, -0.2) is 12.0 Å². The quantitative estimate of drug-likeness (QED) is 0.841. The van der Waals surface area contributed by atoms with Crippen molar-refractivity contribution in [3.63, 3.8) is 0 Å². The fourth-order valence-electron chi connectivity index (χ4n) is 1.27. The van der Waals surface area contributed by atoms with E-state index in [1.807, 2.05) is 12.4 Å². The molecule has 0 saturated carbocycles. The Balaban J connectivity index is 2.29. The first kappa shape index (κ1) is 9.43. The van der Waals surface area contributed by atoms with Crippen molar-refractivity contribution in [2.45, 2.75) is 13.5 Å². The molecule has 2 heterocycles. The zero-order valence-electron chi connectivity index (χ0n) is 8.20. The monoisotopic (exact) mass is 208 g/mol. The zero-order valence-corrected chi connectivity index (χ0v) is 9.02. The highest BCUT2D eigenvalue weighted by Gasteiger charge is 2.09. The molecule has 0 bridgehead atoms. The lowest BCUT2D eigenvalue weighted by atomic mass is 10.3. The van der Waals surface area contributed by atoms with Crippen molar-refractivity contribution < 1.29 is 4.42 Å². The second-order valence-electron chi connectivity index (χ2n) is 3.11. The van der Waals surface area contributed by atoms with Crippen LogP contribution in [0.1, 0.15) is 11.3 Å². The second kappa shape index (κ2) is 3.94. The average Bonchev–Trinajstić information content (AvgIpc) is 2.74. The Morgan fingerprint density at radius 3 is 3.07 bits per heavy atom. The molecule has 2 rings (SSSR count). The number of hydrogen-bond donors (Lipinski definition) is 1. The van der Waals surface area contributed by atoms with Gasteiger partial charge >= 0.3 is 0 Å². The Labute approximate surface area is 86.8 Å². The van der Waals surface area contributed by atoms with Crippen molar-refractivity contribution in [2.24, 2.45) is 0 Å². The molecule has 2 aromatic rings. The van der Waals surface area contributed by atoms with E-state index in [0.717, 1.165) is 23.0 Å². The summed E-state index contributed by atoms with van der Waals surface area (Å²) in [7, 11) is 1.89. The van der Waals surface area contributed by atoms with Gasteiger partial charge in [0.1, 0.15) is 6.26 Å². The van der Waals surface area contributed by atoms with Gasteiger partial charge < -0.3 is 9.73 Å². The fourth-order valence-corrected chi connectivity index (χ4v) is 2.12. The van der Waals surface area contributed by atoms with Gasteiger partial charge in [0.2, 0.25) is 5.89 Å². The van der Waals surface area contributed by atoms with Crippen LogP contribution in [0.2, 0.25) is 0 Å². The van der Waals surface area contributed by atoms with E-state index in [-0.39, 0.29) is 0 Å². The number of hydrogen-bond acceptors (Lipinski definition) is 4. The Bertz CT molecular complexity index is 419. The number of thiophene rings is 1. The van der Waals surface area contributed by atoms with Crippen molar-refractivity contribution in [3.8, 4) is 10.8 Å². The average molecular weight is 208 g/mol. The molecule has 74 valence electrons. The maximum Gasteiger partial charge on any atom is 0.236 e. The molecule has 0 fully saturated rings. The van der Waals surface area contributed by atoms with Gasteiger partial charge in [0.15, 0.2) is 0 Å². The van der Waals surface area contributed by atoms with E-state index >= 15 is 0 Å².